The highest BCUT2D eigenvalue weighted by Crippen LogP contribution is 2.41. The Morgan fingerprint density at radius 1 is 1.22 bits per heavy atom. The number of nitrogens with zero attached hydrogens (tertiary/aromatic N) is 1. The largest absolute Gasteiger partial charge is 0.497 e. The lowest BCUT2D eigenvalue weighted by atomic mass is 9.86. The molecular formula is C21H31NO4S. The van der Waals surface area contributed by atoms with Gasteiger partial charge in [-0.1, -0.05) is 44.2 Å². The monoisotopic (exact) mass is 393 g/mol. The highest BCUT2D eigenvalue weighted by Gasteiger charge is 2.47. The number of methoxy groups -OCH3 is 1. The summed E-state index contributed by atoms with van der Waals surface area (Å²) >= 11 is 0. The summed E-state index contributed by atoms with van der Waals surface area (Å²) in [5.74, 6) is 1.76. The van der Waals surface area contributed by atoms with Gasteiger partial charge in [0.05, 0.1) is 7.11 Å². The Labute approximate surface area is 163 Å². The summed E-state index contributed by atoms with van der Waals surface area (Å²) in [4.78, 5) is 0. The van der Waals surface area contributed by atoms with Gasteiger partial charge in [0.15, 0.2) is 0 Å². The van der Waals surface area contributed by atoms with Gasteiger partial charge in [-0.15, -0.1) is 4.40 Å². The van der Waals surface area contributed by atoms with Crippen molar-refractivity contribution in [3.63, 3.8) is 0 Å². The van der Waals surface area contributed by atoms with E-state index >= 15 is 0 Å². The van der Waals surface area contributed by atoms with E-state index in [0.29, 0.717) is 23.6 Å². The fraction of sp³-hybridized carbons (Fsp3) is 0.667. The average molecular weight is 394 g/mol. The van der Waals surface area contributed by atoms with Gasteiger partial charge in [0.25, 0.3) is 10.0 Å². The summed E-state index contributed by atoms with van der Waals surface area (Å²) in [6.45, 7) is 3.65. The first-order valence-corrected chi connectivity index (χ1v) is 11.5. The summed E-state index contributed by atoms with van der Waals surface area (Å²) in [7, 11) is -2.14. The second-order valence-electron chi connectivity index (χ2n) is 8.26. The van der Waals surface area contributed by atoms with E-state index in [9.17, 15) is 8.42 Å². The maximum atomic E-state index is 13.0. The van der Waals surface area contributed by atoms with Crippen molar-refractivity contribution in [1.82, 2.24) is 0 Å². The second-order valence-corrected chi connectivity index (χ2v) is 9.94. The molecule has 6 heteroatoms. The standard InChI is InChI=1S/C21H31NO4S/c1-21(2)20(17-12-8-13-18(15-17)25-3)27(23,24)22-19(26-21)14-7-11-16-9-5-4-6-10-16/h8,12-13,15-16,20H,4-7,9-11,14H2,1-3H3. The van der Waals surface area contributed by atoms with E-state index in [1.165, 1.54) is 32.1 Å². The predicted octanol–water partition coefficient (Wildman–Crippen LogP) is 5.02. The first-order valence-electron chi connectivity index (χ1n) is 9.97. The normalized spacial score (nSPS) is 24.7. The third-order valence-electron chi connectivity index (χ3n) is 5.66. The van der Waals surface area contributed by atoms with Crippen molar-refractivity contribution in [2.24, 2.45) is 10.3 Å². The van der Waals surface area contributed by atoms with Crippen molar-refractivity contribution in [1.29, 1.82) is 0 Å². The van der Waals surface area contributed by atoms with Gasteiger partial charge in [-0.2, -0.15) is 0 Å². The molecule has 1 aliphatic carbocycles. The zero-order valence-electron chi connectivity index (χ0n) is 16.6. The molecule has 2 aliphatic rings. The highest BCUT2D eigenvalue weighted by atomic mass is 32.2. The third-order valence-corrected chi connectivity index (χ3v) is 7.56. The van der Waals surface area contributed by atoms with Crippen LogP contribution in [0.3, 0.4) is 0 Å². The summed E-state index contributed by atoms with van der Waals surface area (Å²) < 4.78 is 41.3. The quantitative estimate of drug-likeness (QED) is 0.680. The third kappa shape index (κ3) is 4.84. The van der Waals surface area contributed by atoms with E-state index < -0.39 is 20.9 Å². The van der Waals surface area contributed by atoms with Crippen LogP contribution in [0.25, 0.3) is 0 Å². The minimum absolute atomic E-state index is 0.356. The van der Waals surface area contributed by atoms with Gasteiger partial charge < -0.3 is 9.47 Å². The fourth-order valence-corrected chi connectivity index (χ4v) is 6.20. The average Bonchev–Trinajstić information content (AvgIpc) is 2.61. The van der Waals surface area contributed by atoms with Gasteiger partial charge in [-0.3, -0.25) is 0 Å². The highest BCUT2D eigenvalue weighted by molar-refractivity contribution is 7.90. The van der Waals surface area contributed by atoms with Crippen LogP contribution in [0.1, 0.15) is 76.0 Å². The second kappa shape index (κ2) is 8.21. The predicted molar refractivity (Wildman–Crippen MR) is 108 cm³/mol. The zero-order chi connectivity index (χ0) is 19.5. The maximum absolute atomic E-state index is 13.0. The first-order chi connectivity index (χ1) is 12.8. The first kappa shape index (κ1) is 20.2. The lowest BCUT2D eigenvalue weighted by Gasteiger charge is -2.37. The molecule has 1 atom stereocenters. The lowest BCUT2D eigenvalue weighted by molar-refractivity contribution is 0.0804. The molecule has 1 aliphatic heterocycles. The molecule has 1 heterocycles. The molecule has 150 valence electrons. The zero-order valence-corrected chi connectivity index (χ0v) is 17.4. The Morgan fingerprint density at radius 2 is 1.96 bits per heavy atom. The number of rotatable bonds is 6. The Balaban J connectivity index is 1.73. The molecule has 1 unspecified atom stereocenters. The SMILES string of the molecule is COc1cccc(C2C(C)(C)OC(CCCC3CCCCC3)=NS2(=O)=O)c1. The van der Waals surface area contributed by atoms with Gasteiger partial charge in [-0.05, 0) is 50.3 Å². The van der Waals surface area contributed by atoms with Crippen molar-refractivity contribution in [2.75, 3.05) is 7.11 Å². The summed E-state index contributed by atoms with van der Waals surface area (Å²) in [5, 5.41) is -0.845. The van der Waals surface area contributed by atoms with Crippen LogP contribution in [0.5, 0.6) is 5.75 Å². The van der Waals surface area contributed by atoms with E-state index in [0.717, 1.165) is 18.8 Å². The topological polar surface area (TPSA) is 65.0 Å². The van der Waals surface area contributed by atoms with E-state index in [2.05, 4.69) is 4.40 Å². The lowest BCUT2D eigenvalue weighted by Crippen LogP contribution is -2.43. The Hall–Kier alpha value is -1.56. The molecule has 0 aromatic heterocycles. The van der Waals surface area contributed by atoms with Crippen LogP contribution in [-0.4, -0.2) is 27.0 Å². The molecule has 0 bridgehead atoms. The van der Waals surface area contributed by atoms with Crippen LogP contribution in [0.15, 0.2) is 28.7 Å². The van der Waals surface area contributed by atoms with Crippen LogP contribution in [0, 0.1) is 5.92 Å². The molecule has 0 amide bonds. The van der Waals surface area contributed by atoms with Crippen LogP contribution >= 0.6 is 0 Å². The number of ether oxygens (including phenoxy) is 2. The van der Waals surface area contributed by atoms with E-state index in [1.54, 1.807) is 31.4 Å². The van der Waals surface area contributed by atoms with Gasteiger partial charge in [0, 0.05) is 6.42 Å². The van der Waals surface area contributed by atoms with Crippen molar-refractivity contribution in [3.8, 4) is 5.75 Å². The van der Waals surface area contributed by atoms with Gasteiger partial charge in [0.2, 0.25) is 5.90 Å². The van der Waals surface area contributed by atoms with Crippen molar-refractivity contribution < 1.29 is 17.9 Å². The molecule has 5 nitrogen and oxygen atoms in total. The molecule has 0 N–H and O–H groups in total. The number of hydrogen-bond acceptors (Lipinski definition) is 4. The molecule has 0 saturated heterocycles. The maximum Gasteiger partial charge on any atom is 0.267 e. The van der Waals surface area contributed by atoms with Crippen molar-refractivity contribution in [3.05, 3.63) is 29.8 Å². The molecule has 0 spiro atoms. The van der Waals surface area contributed by atoms with Crippen LogP contribution < -0.4 is 4.74 Å². The summed E-state index contributed by atoms with van der Waals surface area (Å²) in [5.41, 5.74) is -0.239. The summed E-state index contributed by atoms with van der Waals surface area (Å²) in [6, 6.07) is 7.13. The van der Waals surface area contributed by atoms with Gasteiger partial charge in [0.1, 0.15) is 16.6 Å². The molecule has 1 saturated carbocycles. The number of hydrogen-bond donors (Lipinski definition) is 0. The molecule has 1 aromatic carbocycles. The molecule has 27 heavy (non-hydrogen) atoms. The summed E-state index contributed by atoms with van der Waals surface area (Å²) in [6.07, 6.45) is 9.25. The smallest absolute Gasteiger partial charge is 0.267 e. The Kier molecular flexibility index (Phi) is 6.14. The van der Waals surface area contributed by atoms with Crippen LogP contribution in [-0.2, 0) is 14.8 Å². The minimum atomic E-state index is -3.71. The fourth-order valence-electron chi connectivity index (χ4n) is 4.42. The Bertz CT molecular complexity index is 779. The van der Waals surface area contributed by atoms with Crippen molar-refractivity contribution >= 4 is 15.9 Å². The van der Waals surface area contributed by atoms with Crippen molar-refractivity contribution in [2.45, 2.75) is 76.1 Å². The minimum Gasteiger partial charge on any atom is -0.497 e. The van der Waals surface area contributed by atoms with E-state index in [4.69, 9.17) is 9.47 Å². The number of sulfonamides is 1. The van der Waals surface area contributed by atoms with E-state index in [-0.39, 0.29) is 0 Å². The number of benzene rings is 1. The molecular weight excluding hydrogens is 362 g/mol. The van der Waals surface area contributed by atoms with E-state index in [1.807, 2.05) is 13.8 Å². The molecule has 0 radical (unpaired) electrons. The van der Waals surface area contributed by atoms with Crippen LogP contribution in [0.2, 0.25) is 0 Å². The molecule has 1 aromatic rings. The van der Waals surface area contributed by atoms with Gasteiger partial charge >= 0.3 is 0 Å². The van der Waals surface area contributed by atoms with Gasteiger partial charge in [-0.25, -0.2) is 8.42 Å². The molecule has 1 fully saturated rings. The Morgan fingerprint density at radius 3 is 2.63 bits per heavy atom. The molecule has 3 rings (SSSR count). The van der Waals surface area contributed by atoms with Crippen LogP contribution in [0.4, 0.5) is 0 Å².